The molecule has 0 saturated carbocycles. The number of aromatic nitrogens is 2. The summed E-state index contributed by atoms with van der Waals surface area (Å²) in [7, 11) is 0. The van der Waals surface area contributed by atoms with Gasteiger partial charge in [0.25, 0.3) is 0 Å². The van der Waals surface area contributed by atoms with Crippen LogP contribution in [0.25, 0.3) is 11.3 Å². The van der Waals surface area contributed by atoms with Gasteiger partial charge in [-0.05, 0) is 31.5 Å². The van der Waals surface area contributed by atoms with Crippen LogP contribution in [-0.4, -0.2) is 9.97 Å². The van der Waals surface area contributed by atoms with Crippen molar-refractivity contribution < 1.29 is 8.78 Å². The Morgan fingerprint density at radius 3 is 2.53 bits per heavy atom. The highest BCUT2D eigenvalue weighted by Crippen LogP contribution is 2.24. The maximum atomic E-state index is 13.7. The molecule has 1 heterocycles. The van der Waals surface area contributed by atoms with Gasteiger partial charge in [-0.1, -0.05) is 6.07 Å². The van der Waals surface area contributed by atoms with Crippen molar-refractivity contribution in [3.63, 3.8) is 0 Å². The fraction of sp³-hybridized carbons (Fsp3) is 0.167. The van der Waals surface area contributed by atoms with Crippen LogP contribution in [0.2, 0.25) is 0 Å². The van der Waals surface area contributed by atoms with E-state index >= 15 is 0 Å². The quantitative estimate of drug-likeness (QED) is 0.826. The molecule has 0 spiro atoms. The molecule has 0 aliphatic heterocycles. The molecule has 0 amide bonds. The van der Waals surface area contributed by atoms with Gasteiger partial charge < -0.3 is 4.98 Å². The highest BCUT2D eigenvalue weighted by molar-refractivity contribution is 5.60. The van der Waals surface area contributed by atoms with Crippen LogP contribution in [0.4, 0.5) is 8.78 Å². The second kappa shape index (κ2) is 4.08. The molecule has 5 heteroatoms. The number of nitrogens with one attached hydrogen (secondary N) is 1. The second-order valence-electron chi connectivity index (χ2n) is 3.81. The fourth-order valence-electron chi connectivity index (χ4n) is 1.56. The summed E-state index contributed by atoms with van der Waals surface area (Å²) < 4.78 is 27.1. The van der Waals surface area contributed by atoms with Crippen LogP contribution in [0.3, 0.4) is 0 Å². The predicted molar refractivity (Wildman–Crippen MR) is 59.7 cm³/mol. The summed E-state index contributed by atoms with van der Waals surface area (Å²) in [6, 6.07) is 4.36. The highest BCUT2D eigenvalue weighted by Gasteiger charge is 2.14. The van der Waals surface area contributed by atoms with Gasteiger partial charge in [0, 0.05) is 11.3 Å². The Balaban J connectivity index is 2.69. The van der Waals surface area contributed by atoms with Gasteiger partial charge in [-0.2, -0.15) is 4.98 Å². The van der Waals surface area contributed by atoms with Gasteiger partial charge in [-0.25, -0.2) is 13.6 Å². The molecule has 88 valence electrons. The van der Waals surface area contributed by atoms with E-state index in [1.807, 2.05) is 0 Å². The summed E-state index contributed by atoms with van der Waals surface area (Å²) in [5.74, 6) is -1.90. The molecular formula is C12H10F2N2O. The van der Waals surface area contributed by atoms with E-state index in [-0.39, 0.29) is 16.8 Å². The van der Waals surface area contributed by atoms with Gasteiger partial charge in [0.15, 0.2) is 11.6 Å². The smallest absolute Gasteiger partial charge is 0.310 e. The fourth-order valence-corrected chi connectivity index (χ4v) is 1.56. The number of aromatic amines is 1. The van der Waals surface area contributed by atoms with Crippen LogP contribution >= 0.6 is 0 Å². The Kier molecular flexibility index (Phi) is 2.75. The molecule has 0 atom stereocenters. The second-order valence-corrected chi connectivity index (χ2v) is 3.81. The summed E-state index contributed by atoms with van der Waals surface area (Å²) in [6.45, 7) is 3.12. The summed E-state index contributed by atoms with van der Waals surface area (Å²) in [6.07, 6.45) is 0. The minimum absolute atomic E-state index is 0.0118. The number of rotatable bonds is 1. The van der Waals surface area contributed by atoms with E-state index in [0.29, 0.717) is 5.69 Å². The van der Waals surface area contributed by atoms with Crippen molar-refractivity contribution in [3.05, 3.63) is 51.6 Å². The number of halogens is 2. The Labute approximate surface area is 96.2 Å². The van der Waals surface area contributed by atoms with E-state index in [2.05, 4.69) is 9.97 Å². The molecule has 17 heavy (non-hydrogen) atoms. The molecule has 1 aromatic carbocycles. The zero-order chi connectivity index (χ0) is 12.6. The third-order valence-electron chi connectivity index (χ3n) is 2.43. The average molecular weight is 236 g/mol. The van der Waals surface area contributed by atoms with Gasteiger partial charge in [-0.3, -0.25) is 0 Å². The lowest BCUT2D eigenvalue weighted by molar-refractivity contribution is 0.505. The molecule has 0 aliphatic rings. The van der Waals surface area contributed by atoms with Crippen LogP contribution in [0.1, 0.15) is 11.3 Å². The average Bonchev–Trinajstić information content (AvgIpc) is 2.24. The lowest BCUT2D eigenvalue weighted by Crippen LogP contribution is -2.12. The number of nitrogens with zero attached hydrogens (tertiary/aromatic N) is 1. The zero-order valence-corrected chi connectivity index (χ0v) is 9.34. The molecule has 2 aromatic rings. The van der Waals surface area contributed by atoms with Crippen molar-refractivity contribution in [2.24, 2.45) is 0 Å². The molecular weight excluding hydrogens is 226 g/mol. The van der Waals surface area contributed by atoms with Gasteiger partial charge in [0.05, 0.1) is 5.69 Å². The topological polar surface area (TPSA) is 45.8 Å². The minimum atomic E-state index is -0.984. The number of H-pyrrole nitrogens is 1. The zero-order valence-electron chi connectivity index (χ0n) is 9.34. The third kappa shape index (κ3) is 2.08. The van der Waals surface area contributed by atoms with Crippen LogP contribution in [0, 0.1) is 25.5 Å². The van der Waals surface area contributed by atoms with Crippen molar-refractivity contribution in [1.82, 2.24) is 9.97 Å². The number of hydrogen-bond acceptors (Lipinski definition) is 2. The molecule has 0 saturated heterocycles. The molecule has 1 N–H and O–H groups in total. The Morgan fingerprint density at radius 2 is 1.88 bits per heavy atom. The van der Waals surface area contributed by atoms with Crippen LogP contribution in [0.15, 0.2) is 23.0 Å². The molecule has 0 fully saturated rings. The lowest BCUT2D eigenvalue weighted by atomic mass is 10.1. The number of hydrogen-bond donors (Lipinski definition) is 1. The van der Waals surface area contributed by atoms with Gasteiger partial charge in [0.2, 0.25) is 0 Å². The standard InChI is InChI=1S/C12H10F2N2O/c1-6-3-4-8(11(14)10(6)13)9-5-7(2)15-12(17)16-9/h3-5H,1-2H3,(H,15,16,17). The molecule has 3 nitrogen and oxygen atoms in total. The lowest BCUT2D eigenvalue weighted by Gasteiger charge is -2.05. The van der Waals surface area contributed by atoms with E-state index in [0.717, 1.165) is 0 Å². The highest BCUT2D eigenvalue weighted by atomic mass is 19.2. The normalized spacial score (nSPS) is 10.6. The monoisotopic (exact) mass is 236 g/mol. The van der Waals surface area contributed by atoms with E-state index in [1.165, 1.54) is 25.1 Å². The largest absolute Gasteiger partial charge is 0.345 e. The van der Waals surface area contributed by atoms with Gasteiger partial charge in [0.1, 0.15) is 0 Å². The van der Waals surface area contributed by atoms with Gasteiger partial charge >= 0.3 is 5.69 Å². The summed E-state index contributed by atoms with van der Waals surface area (Å²) >= 11 is 0. The summed E-state index contributed by atoms with van der Waals surface area (Å²) in [4.78, 5) is 17.2. The van der Waals surface area contributed by atoms with Gasteiger partial charge in [-0.15, -0.1) is 0 Å². The first-order chi connectivity index (χ1) is 7.99. The number of aryl methyl sites for hydroxylation is 2. The third-order valence-corrected chi connectivity index (χ3v) is 2.43. The first kappa shape index (κ1) is 11.4. The number of benzene rings is 1. The maximum absolute atomic E-state index is 13.7. The van der Waals surface area contributed by atoms with Crippen molar-refractivity contribution >= 4 is 0 Å². The molecule has 0 bridgehead atoms. The Hall–Kier alpha value is -2.04. The van der Waals surface area contributed by atoms with Crippen LogP contribution in [-0.2, 0) is 0 Å². The Bertz CT molecular complexity index is 635. The van der Waals surface area contributed by atoms with E-state index in [4.69, 9.17) is 0 Å². The van der Waals surface area contributed by atoms with Crippen LogP contribution < -0.4 is 5.69 Å². The van der Waals surface area contributed by atoms with Crippen LogP contribution in [0.5, 0.6) is 0 Å². The first-order valence-electron chi connectivity index (χ1n) is 5.02. The molecule has 0 radical (unpaired) electrons. The SMILES string of the molecule is Cc1cc(-c2ccc(C)c(F)c2F)nc(=O)[nH]1. The molecule has 0 aliphatic carbocycles. The van der Waals surface area contributed by atoms with Crippen molar-refractivity contribution in [1.29, 1.82) is 0 Å². The van der Waals surface area contributed by atoms with E-state index in [1.54, 1.807) is 6.92 Å². The summed E-state index contributed by atoms with van der Waals surface area (Å²) in [5.41, 5.74) is 0.290. The molecule has 2 rings (SSSR count). The molecule has 0 unspecified atom stereocenters. The predicted octanol–water partition coefficient (Wildman–Crippen LogP) is 2.33. The van der Waals surface area contributed by atoms with Crippen molar-refractivity contribution in [3.8, 4) is 11.3 Å². The minimum Gasteiger partial charge on any atom is -0.310 e. The summed E-state index contributed by atoms with van der Waals surface area (Å²) in [5, 5.41) is 0. The van der Waals surface area contributed by atoms with E-state index in [9.17, 15) is 13.6 Å². The van der Waals surface area contributed by atoms with E-state index < -0.39 is 17.3 Å². The first-order valence-corrected chi connectivity index (χ1v) is 5.02. The molecule has 1 aromatic heterocycles. The Morgan fingerprint density at radius 1 is 1.18 bits per heavy atom. The van der Waals surface area contributed by atoms with Crippen molar-refractivity contribution in [2.45, 2.75) is 13.8 Å². The maximum Gasteiger partial charge on any atom is 0.345 e. The van der Waals surface area contributed by atoms with Crippen molar-refractivity contribution in [2.75, 3.05) is 0 Å².